The Morgan fingerprint density at radius 1 is 1.29 bits per heavy atom. The molecule has 2 amide bonds. The first kappa shape index (κ1) is 26.3. The Morgan fingerprint density at radius 3 is 2.57 bits per heavy atom. The number of nitrogens with two attached hydrogens (primary N) is 1. The van der Waals surface area contributed by atoms with Crippen LogP contribution in [-0.2, 0) is 38.2 Å². The van der Waals surface area contributed by atoms with E-state index < -0.39 is 47.4 Å². The number of rotatable bonds is 8. The molecular formula is C20H25N5O8S2. The Balaban J connectivity index is 1.70. The molecule has 15 heteroatoms. The Kier molecular flexibility index (Phi) is 7.90. The number of amides is 2. The Hall–Kier alpha value is -3.33. The minimum Gasteiger partial charge on any atom is -0.498 e. The van der Waals surface area contributed by atoms with Crippen LogP contribution >= 0.6 is 23.1 Å². The lowest BCUT2D eigenvalue weighted by atomic mass is 9.98. The monoisotopic (exact) mass is 527 g/mol. The second kappa shape index (κ2) is 10.5. The molecule has 190 valence electrons. The van der Waals surface area contributed by atoms with E-state index in [0.29, 0.717) is 0 Å². The van der Waals surface area contributed by atoms with Crippen LogP contribution in [0, 0.1) is 5.41 Å². The predicted molar refractivity (Wildman–Crippen MR) is 126 cm³/mol. The Labute approximate surface area is 209 Å². The summed E-state index contributed by atoms with van der Waals surface area (Å²) in [6, 6.07) is -0.953. The summed E-state index contributed by atoms with van der Waals surface area (Å²) in [6.45, 7) is 4.35. The normalized spacial score (nSPS) is 20.0. The summed E-state index contributed by atoms with van der Waals surface area (Å²) in [5.41, 5.74) is 4.79. The summed E-state index contributed by atoms with van der Waals surface area (Å²) in [7, 11) is 2.63. The first-order chi connectivity index (χ1) is 16.5. The number of ether oxygens (including phenoxy) is 3. The van der Waals surface area contributed by atoms with E-state index in [4.69, 9.17) is 24.8 Å². The molecule has 3 rings (SSSR count). The van der Waals surface area contributed by atoms with Crippen molar-refractivity contribution >= 4 is 57.7 Å². The SMILES string of the molecule is CO/N=C(\C(=O)NC1C(=O)N2C(C(=O)OCOC(=O)C(C)(C)C)=C(OC)CS[C@H]12)c1csc(N)n1. The molecule has 0 radical (unpaired) electrons. The van der Waals surface area contributed by atoms with Crippen molar-refractivity contribution in [1.82, 2.24) is 15.2 Å². The molecular weight excluding hydrogens is 502 g/mol. The molecule has 0 spiro atoms. The van der Waals surface area contributed by atoms with Crippen LogP contribution in [0.4, 0.5) is 5.13 Å². The number of methoxy groups -OCH3 is 1. The fraction of sp³-hybridized carbons (Fsp3) is 0.500. The van der Waals surface area contributed by atoms with Gasteiger partial charge in [0.25, 0.3) is 11.8 Å². The van der Waals surface area contributed by atoms with Crippen LogP contribution in [0.15, 0.2) is 22.0 Å². The number of thioether (sulfide) groups is 1. The van der Waals surface area contributed by atoms with Gasteiger partial charge < -0.3 is 30.1 Å². The lowest BCUT2D eigenvalue weighted by molar-refractivity contribution is -0.173. The molecule has 3 heterocycles. The molecule has 35 heavy (non-hydrogen) atoms. The number of nitrogens with one attached hydrogen (secondary N) is 1. The van der Waals surface area contributed by atoms with Gasteiger partial charge >= 0.3 is 11.9 Å². The fourth-order valence-electron chi connectivity index (χ4n) is 3.06. The van der Waals surface area contributed by atoms with Gasteiger partial charge in [-0.3, -0.25) is 19.3 Å². The highest BCUT2D eigenvalue weighted by molar-refractivity contribution is 8.00. The third-order valence-corrected chi connectivity index (χ3v) is 6.74. The average Bonchev–Trinajstić information content (AvgIpc) is 3.24. The van der Waals surface area contributed by atoms with Crippen LogP contribution < -0.4 is 11.1 Å². The molecule has 2 aliphatic heterocycles. The van der Waals surface area contributed by atoms with Gasteiger partial charge in [0.15, 0.2) is 16.5 Å². The van der Waals surface area contributed by atoms with Crippen LogP contribution in [-0.4, -0.2) is 77.5 Å². The molecule has 1 unspecified atom stereocenters. The van der Waals surface area contributed by atoms with Gasteiger partial charge in [-0.25, -0.2) is 9.78 Å². The summed E-state index contributed by atoms with van der Waals surface area (Å²) in [4.78, 5) is 60.4. The summed E-state index contributed by atoms with van der Waals surface area (Å²) < 4.78 is 15.3. The number of carbonyl (C=O) groups is 4. The van der Waals surface area contributed by atoms with Crippen molar-refractivity contribution in [3.05, 3.63) is 22.5 Å². The number of nitrogen functional groups attached to an aromatic ring is 1. The number of hydrogen-bond acceptors (Lipinski definition) is 13. The van der Waals surface area contributed by atoms with Gasteiger partial charge in [-0.05, 0) is 20.8 Å². The highest BCUT2D eigenvalue weighted by Crippen LogP contribution is 2.40. The second-order valence-corrected chi connectivity index (χ2v) is 10.3. The molecule has 2 atom stereocenters. The van der Waals surface area contributed by atoms with Crippen LogP contribution in [0.25, 0.3) is 0 Å². The van der Waals surface area contributed by atoms with Crippen molar-refractivity contribution < 1.29 is 38.2 Å². The van der Waals surface area contributed by atoms with Crippen molar-refractivity contribution in [3.8, 4) is 0 Å². The minimum absolute atomic E-state index is 0.114. The zero-order valence-corrected chi connectivity index (χ0v) is 21.3. The van der Waals surface area contributed by atoms with Gasteiger partial charge in [-0.2, -0.15) is 0 Å². The number of hydrogen-bond donors (Lipinski definition) is 2. The zero-order valence-electron chi connectivity index (χ0n) is 19.6. The Morgan fingerprint density at radius 2 is 2.00 bits per heavy atom. The van der Waals surface area contributed by atoms with Crippen molar-refractivity contribution in [2.75, 3.05) is 32.5 Å². The van der Waals surface area contributed by atoms with Crippen LogP contribution in [0.2, 0.25) is 0 Å². The number of anilines is 1. The Bertz CT molecular complexity index is 1090. The number of nitrogens with zero attached hydrogens (tertiary/aromatic N) is 3. The van der Waals surface area contributed by atoms with E-state index in [0.717, 1.165) is 11.3 Å². The molecule has 1 saturated heterocycles. The van der Waals surface area contributed by atoms with Crippen molar-refractivity contribution in [3.63, 3.8) is 0 Å². The summed E-state index contributed by atoms with van der Waals surface area (Å²) >= 11 is 2.40. The van der Waals surface area contributed by atoms with Gasteiger partial charge in [-0.1, -0.05) is 5.16 Å². The van der Waals surface area contributed by atoms with Crippen LogP contribution in [0.1, 0.15) is 26.5 Å². The summed E-state index contributed by atoms with van der Waals surface area (Å²) in [5, 5.41) is 7.47. The van der Waals surface area contributed by atoms with Gasteiger partial charge in [0.05, 0.1) is 18.3 Å². The third-order valence-electron chi connectivity index (χ3n) is 4.81. The molecule has 0 aromatic carbocycles. The standard InChI is InChI=1S/C20H25N5O8S2/c1-20(2,3)18(29)33-8-32-17(28)13-10(30-4)7-34-16-12(15(27)25(13)16)23-14(26)11(24-31-5)9-6-35-19(21)22-9/h6,12,16H,7-8H2,1-5H3,(H2,21,22)(H,23,26)/b24-11-/t12?,16-/m1/s1. The molecule has 13 nitrogen and oxygen atoms in total. The summed E-state index contributed by atoms with van der Waals surface area (Å²) in [6.07, 6.45) is 0. The quantitative estimate of drug-likeness (QED) is 0.158. The van der Waals surface area contributed by atoms with E-state index in [-0.39, 0.29) is 33.7 Å². The molecule has 1 aromatic heterocycles. The average molecular weight is 528 g/mol. The maximum Gasteiger partial charge on any atom is 0.361 e. The molecule has 1 aromatic rings. The largest absolute Gasteiger partial charge is 0.498 e. The second-order valence-electron chi connectivity index (χ2n) is 8.26. The minimum atomic E-state index is -0.953. The number of oxime groups is 1. The number of thiazole rings is 1. The number of β-lactam (4-membered cyclic amide) rings is 1. The van der Waals surface area contributed by atoms with Crippen LogP contribution in [0.5, 0.6) is 0 Å². The lowest BCUT2D eigenvalue weighted by Crippen LogP contribution is -2.71. The van der Waals surface area contributed by atoms with E-state index in [2.05, 4.69) is 15.5 Å². The van der Waals surface area contributed by atoms with E-state index in [1.807, 2.05) is 0 Å². The molecule has 2 aliphatic rings. The van der Waals surface area contributed by atoms with Gasteiger partial charge in [0.1, 0.15) is 30.0 Å². The maximum absolute atomic E-state index is 13.0. The fourth-order valence-corrected chi connectivity index (χ4v) is 4.92. The number of fused-ring (bicyclic) bond motifs is 1. The maximum atomic E-state index is 13.0. The van der Waals surface area contributed by atoms with E-state index in [1.165, 1.54) is 36.3 Å². The number of esters is 2. The van der Waals surface area contributed by atoms with Crippen molar-refractivity contribution in [2.45, 2.75) is 32.2 Å². The van der Waals surface area contributed by atoms with Gasteiger partial charge in [0, 0.05) is 5.38 Å². The van der Waals surface area contributed by atoms with Crippen LogP contribution in [0.3, 0.4) is 0 Å². The zero-order chi connectivity index (χ0) is 25.9. The number of aromatic nitrogens is 1. The van der Waals surface area contributed by atoms with E-state index in [9.17, 15) is 19.2 Å². The molecule has 0 saturated carbocycles. The molecule has 3 N–H and O–H groups in total. The first-order valence-electron chi connectivity index (χ1n) is 10.2. The molecule has 1 fully saturated rings. The van der Waals surface area contributed by atoms with E-state index in [1.54, 1.807) is 20.8 Å². The smallest absolute Gasteiger partial charge is 0.361 e. The third kappa shape index (κ3) is 5.51. The highest BCUT2D eigenvalue weighted by atomic mass is 32.2. The van der Waals surface area contributed by atoms with Gasteiger partial charge in [-0.15, -0.1) is 23.1 Å². The van der Waals surface area contributed by atoms with Crippen molar-refractivity contribution in [2.24, 2.45) is 10.6 Å². The topological polar surface area (TPSA) is 172 Å². The van der Waals surface area contributed by atoms with Crippen molar-refractivity contribution in [1.29, 1.82) is 0 Å². The highest BCUT2D eigenvalue weighted by Gasteiger charge is 2.55. The van der Waals surface area contributed by atoms with E-state index >= 15 is 0 Å². The number of carbonyl (C=O) groups excluding carboxylic acids is 4. The van der Waals surface area contributed by atoms with Gasteiger partial charge in [0.2, 0.25) is 6.79 Å². The lowest BCUT2D eigenvalue weighted by Gasteiger charge is -2.49. The molecule has 0 bridgehead atoms. The molecule has 0 aliphatic carbocycles. The predicted octanol–water partition coefficient (Wildman–Crippen LogP) is 0.424. The summed E-state index contributed by atoms with van der Waals surface area (Å²) in [5.74, 6) is -2.25. The first-order valence-corrected chi connectivity index (χ1v) is 12.1.